The minimum absolute atomic E-state index is 0.0410. The second kappa shape index (κ2) is 18.9. The lowest BCUT2D eigenvalue weighted by atomic mass is 9.80. The van der Waals surface area contributed by atoms with Gasteiger partial charge in [0.25, 0.3) is 0 Å². The Morgan fingerprint density at radius 1 is 0.556 bits per heavy atom. The van der Waals surface area contributed by atoms with Gasteiger partial charge in [0.05, 0.1) is 0 Å². The van der Waals surface area contributed by atoms with Crippen LogP contribution in [-0.4, -0.2) is 61.6 Å². The Labute approximate surface area is 278 Å². The Morgan fingerprint density at radius 3 is 1.20 bits per heavy atom. The van der Waals surface area contributed by atoms with E-state index >= 15 is 0 Å². The molecule has 0 radical (unpaired) electrons. The van der Waals surface area contributed by atoms with Crippen molar-refractivity contribution in [3.63, 3.8) is 0 Å². The van der Waals surface area contributed by atoms with Gasteiger partial charge in [-0.15, -0.1) is 0 Å². The molecule has 2 aromatic rings. The third-order valence-electron chi connectivity index (χ3n) is 9.48. The smallest absolute Gasteiger partial charge is 0.119 e. The zero-order valence-electron chi connectivity index (χ0n) is 31.1. The largest absolute Gasteiger partial charge is 0.489 e. The van der Waals surface area contributed by atoms with Crippen LogP contribution in [0.2, 0.25) is 0 Å². The van der Waals surface area contributed by atoms with Crippen LogP contribution in [0.15, 0.2) is 48.5 Å². The Kier molecular flexibility index (Phi) is 16.4. The van der Waals surface area contributed by atoms with Gasteiger partial charge in [-0.05, 0) is 101 Å². The third-order valence-corrected chi connectivity index (χ3v) is 9.48. The van der Waals surface area contributed by atoms with Crippen molar-refractivity contribution in [1.29, 1.82) is 0 Å². The van der Waals surface area contributed by atoms with Crippen LogP contribution in [-0.2, 0) is 15.6 Å². The Balaban J connectivity index is 1.78. The molecule has 0 N–H and O–H groups in total. The van der Waals surface area contributed by atoms with Crippen LogP contribution in [0.1, 0.15) is 132 Å². The van der Waals surface area contributed by atoms with Gasteiger partial charge in [0.2, 0.25) is 0 Å². The predicted octanol–water partition coefficient (Wildman–Crippen LogP) is 10.2. The van der Waals surface area contributed by atoms with E-state index in [2.05, 4.69) is 142 Å². The normalized spacial score (nSPS) is 15.2. The van der Waals surface area contributed by atoms with E-state index in [1.54, 1.807) is 0 Å². The topological polar surface area (TPSA) is 34.2 Å². The number of nitrogens with zero attached hydrogens (tertiary/aromatic N) is 2. The summed E-state index contributed by atoms with van der Waals surface area (Å²) in [4.78, 5) is 4.43. The Hall–Kier alpha value is -2.08. The summed E-state index contributed by atoms with van der Waals surface area (Å²) >= 11 is 0. The van der Waals surface area contributed by atoms with E-state index in [9.17, 15) is 0 Å². The fraction of sp³-hybridized carbons (Fsp3) is 0.700. The molecule has 0 saturated carbocycles. The van der Waals surface area contributed by atoms with Gasteiger partial charge in [-0.3, -0.25) is 9.80 Å². The molecular formula is C40H68N2O3. The first kappa shape index (κ1) is 39.1. The number of hydrogen-bond donors (Lipinski definition) is 0. The van der Waals surface area contributed by atoms with Gasteiger partial charge in [0, 0.05) is 13.1 Å². The summed E-state index contributed by atoms with van der Waals surface area (Å²) in [6.45, 7) is 23.9. The summed E-state index contributed by atoms with van der Waals surface area (Å²) < 4.78 is 19.0. The molecule has 256 valence electrons. The van der Waals surface area contributed by atoms with Crippen LogP contribution in [0.25, 0.3) is 0 Å². The molecule has 0 aliphatic rings. The second-order valence-corrected chi connectivity index (χ2v) is 14.8. The van der Waals surface area contributed by atoms with E-state index in [1.165, 1.54) is 62.5 Å². The van der Waals surface area contributed by atoms with Crippen molar-refractivity contribution >= 4 is 0 Å². The highest BCUT2D eigenvalue weighted by atomic mass is 16.5. The summed E-state index contributed by atoms with van der Waals surface area (Å²) in [5.41, 5.74) is 3.14. The van der Waals surface area contributed by atoms with E-state index in [4.69, 9.17) is 14.2 Å². The molecule has 0 fully saturated rings. The first-order chi connectivity index (χ1) is 21.2. The second-order valence-electron chi connectivity index (χ2n) is 14.8. The van der Waals surface area contributed by atoms with Crippen LogP contribution in [0.4, 0.5) is 0 Å². The van der Waals surface area contributed by atoms with Gasteiger partial charge in [-0.25, -0.2) is 0 Å². The van der Waals surface area contributed by atoms with Crippen molar-refractivity contribution in [2.75, 3.05) is 27.2 Å². The van der Waals surface area contributed by atoms with Gasteiger partial charge in [-0.1, -0.05) is 104 Å². The predicted molar refractivity (Wildman–Crippen MR) is 193 cm³/mol. The Bertz CT molecular complexity index is 980. The van der Waals surface area contributed by atoms with E-state index in [0.717, 1.165) is 24.6 Å². The monoisotopic (exact) mass is 625 g/mol. The zero-order valence-corrected chi connectivity index (χ0v) is 31.1. The van der Waals surface area contributed by atoms with Gasteiger partial charge in [0.15, 0.2) is 0 Å². The van der Waals surface area contributed by atoms with Crippen LogP contribution in [0.3, 0.4) is 0 Å². The van der Waals surface area contributed by atoms with Gasteiger partial charge in [0.1, 0.15) is 36.2 Å². The van der Waals surface area contributed by atoms with Gasteiger partial charge >= 0.3 is 0 Å². The minimum atomic E-state index is -0.0516. The van der Waals surface area contributed by atoms with Crippen molar-refractivity contribution < 1.29 is 14.2 Å². The third kappa shape index (κ3) is 13.7. The molecule has 0 amide bonds. The summed E-state index contributed by atoms with van der Waals surface area (Å²) in [6.07, 6.45) is 10.1. The molecule has 0 bridgehead atoms. The number of likely N-dealkylation sites (N-methyl/N-ethyl adjacent to an activating group) is 2. The molecule has 5 heteroatoms. The van der Waals surface area contributed by atoms with E-state index in [1.807, 2.05) is 0 Å². The molecule has 45 heavy (non-hydrogen) atoms. The molecular weight excluding hydrogens is 556 g/mol. The molecule has 0 heterocycles. The minimum Gasteiger partial charge on any atom is -0.489 e. The average molecular weight is 625 g/mol. The van der Waals surface area contributed by atoms with Crippen LogP contribution >= 0.6 is 0 Å². The standard InChI is InChI=1S/C40H68N2O3/c1-13-15-17-27-39(7,8)35-19-23-37(24-20-35)43-31(3)29-41(11)33(5)45-34(6)42(12)30-32(4)44-38-25-21-36(22-26-38)40(9,10)28-18-16-14-2/h19-26,31-34H,13-18,27-30H2,1-12H3. The number of benzene rings is 2. The van der Waals surface area contributed by atoms with Crippen molar-refractivity contribution in [3.8, 4) is 11.5 Å². The lowest BCUT2D eigenvalue weighted by Crippen LogP contribution is -2.45. The van der Waals surface area contributed by atoms with Crippen LogP contribution < -0.4 is 9.47 Å². The number of unbranched alkanes of at least 4 members (excludes halogenated alkanes) is 4. The summed E-state index contributed by atoms with van der Waals surface area (Å²) in [6, 6.07) is 17.4. The molecule has 2 rings (SSSR count). The van der Waals surface area contributed by atoms with E-state index in [-0.39, 0.29) is 35.5 Å². The molecule has 0 aliphatic carbocycles. The molecule has 0 aromatic heterocycles. The van der Waals surface area contributed by atoms with E-state index < -0.39 is 0 Å². The van der Waals surface area contributed by atoms with Crippen molar-refractivity contribution in [2.24, 2.45) is 0 Å². The van der Waals surface area contributed by atoms with E-state index in [0.29, 0.717) is 0 Å². The van der Waals surface area contributed by atoms with Crippen molar-refractivity contribution in [2.45, 2.75) is 156 Å². The fourth-order valence-electron chi connectivity index (χ4n) is 6.03. The highest BCUT2D eigenvalue weighted by Gasteiger charge is 2.23. The average Bonchev–Trinajstić information content (AvgIpc) is 2.97. The zero-order chi connectivity index (χ0) is 33.6. The quantitative estimate of drug-likeness (QED) is 0.0962. The van der Waals surface area contributed by atoms with Crippen LogP contribution in [0.5, 0.6) is 11.5 Å². The SMILES string of the molecule is CCCCCC(C)(C)c1ccc(OC(C)CN(C)C(C)OC(C)N(C)CC(C)Oc2ccc(C(C)(C)CCCCC)cc2)cc1. The number of ether oxygens (including phenoxy) is 3. The lowest BCUT2D eigenvalue weighted by molar-refractivity contribution is -0.134. The molecule has 2 aromatic carbocycles. The summed E-state index contributed by atoms with van der Waals surface area (Å²) in [7, 11) is 4.19. The molecule has 0 spiro atoms. The highest BCUT2D eigenvalue weighted by Crippen LogP contribution is 2.32. The van der Waals surface area contributed by atoms with Crippen molar-refractivity contribution in [3.05, 3.63) is 59.7 Å². The first-order valence-corrected chi connectivity index (χ1v) is 17.8. The molecule has 4 atom stereocenters. The summed E-state index contributed by atoms with van der Waals surface area (Å²) in [5.74, 6) is 1.84. The van der Waals surface area contributed by atoms with Gasteiger partial charge < -0.3 is 14.2 Å². The maximum Gasteiger partial charge on any atom is 0.119 e. The number of hydrogen-bond acceptors (Lipinski definition) is 5. The molecule has 4 unspecified atom stereocenters. The van der Waals surface area contributed by atoms with Crippen LogP contribution in [0, 0.1) is 0 Å². The lowest BCUT2D eigenvalue weighted by Gasteiger charge is -2.34. The highest BCUT2D eigenvalue weighted by molar-refractivity contribution is 5.32. The molecule has 5 nitrogen and oxygen atoms in total. The Morgan fingerprint density at radius 2 is 0.889 bits per heavy atom. The fourth-order valence-corrected chi connectivity index (χ4v) is 6.03. The first-order valence-electron chi connectivity index (χ1n) is 17.8. The van der Waals surface area contributed by atoms with Crippen molar-refractivity contribution in [1.82, 2.24) is 9.80 Å². The molecule has 0 aliphatic heterocycles. The maximum absolute atomic E-state index is 6.40. The molecule has 0 saturated heterocycles. The maximum atomic E-state index is 6.40. The number of rotatable bonds is 22. The summed E-state index contributed by atoms with van der Waals surface area (Å²) in [5, 5.41) is 0. The van der Waals surface area contributed by atoms with Gasteiger partial charge in [-0.2, -0.15) is 0 Å².